The fourth-order valence-corrected chi connectivity index (χ4v) is 3.55. The van der Waals surface area contributed by atoms with Crippen LogP contribution in [0.15, 0.2) is 36.9 Å². The van der Waals surface area contributed by atoms with Crippen molar-refractivity contribution >= 4 is 0 Å². The van der Waals surface area contributed by atoms with E-state index in [4.69, 9.17) is 4.74 Å². The van der Waals surface area contributed by atoms with Crippen molar-refractivity contribution in [2.24, 2.45) is 0 Å². The Morgan fingerprint density at radius 2 is 1.92 bits per heavy atom. The van der Waals surface area contributed by atoms with E-state index < -0.39 is 0 Å². The predicted molar refractivity (Wildman–Crippen MR) is 94.5 cm³/mol. The zero-order chi connectivity index (χ0) is 16.6. The van der Waals surface area contributed by atoms with Gasteiger partial charge in [-0.25, -0.2) is 4.98 Å². The van der Waals surface area contributed by atoms with Gasteiger partial charge < -0.3 is 9.30 Å². The van der Waals surface area contributed by atoms with Gasteiger partial charge in [0.2, 0.25) is 0 Å². The number of ether oxygens (including phenoxy) is 1. The van der Waals surface area contributed by atoms with Crippen molar-refractivity contribution in [3.8, 4) is 0 Å². The maximum absolute atomic E-state index is 5.22. The molecule has 5 nitrogen and oxygen atoms in total. The number of nitrogens with zero attached hydrogens (tertiary/aromatic N) is 4. The fraction of sp³-hybridized carbons (Fsp3) is 0.579. The number of methoxy groups -OCH3 is 1. The molecule has 130 valence electrons. The Labute approximate surface area is 144 Å². The van der Waals surface area contributed by atoms with Crippen LogP contribution in [0.1, 0.15) is 43.5 Å². The smallest absolute Gasteiger partial charge is 0.122 e. The lowest BCUT2D eigenvalue weighted by Gasteiger charge is -2.34. The molecule has 2 heterocycles. The van der Waals surface area contributed by atoms with Crippen LogP contribution in [0.3, 0.4) is 0 Å². The Balaban J connectivity index is 1.73. The molecule has 1 fully saturated rings. The molecule has 2 aromatic heterocycles. The number of aromatic nitrogens is 3. The van der Waals surface area contributed by atoms with Crippen LogP contribution in [-0.4, -0.2) is 39.2 Å². The zero-order valence-corrected chi connectivity index (χ0v) is 14.6. The molecule has 0 spiro atoms. The van der Waals surface area contributed by atoms with Gasteiger partial charge >= 0.3 is 0 Å². The number of hydrogen-bond donors (Lipinski definition) is 0. The molecular weight excluding hydrogens is 300 g/mol. The van der Waals surface area contributed by atoms with E-state index >= 15 is 0 Å². The topological polar surface area (TPSA) is 43.2 Å². The summed E-state index contributed by atoms with van der Waals surface area (Å²) in [6.45, 7) is 3.44. The van der Waals surface area contributed by atoms with E-state index in [1.54, 1.807) is 7.11 Å². The molecule has 1 aliphatic rings. The van der Waals surface area contributed by atoms with Crippen LogP contribution in [0, 0.1) is 0 Å². The zero-order valence-electron chi connectivity index (χ0n) is 14.6. The van der Waals surface area contributed by atoms with E-state index in [0.717, 1.165) is 32.1 Å². The average molecular weight is 328 g/mol. The minimum absolute atomic E-state index is 0.652. The molecule has 0 saturated heterocycles. The Hall–Kier alpha value is -1.72. The van der Waals surface area contributed by atoms with Crippen molar-refractivity contribution < 1.29 is 4.74 Å². The molecule has 2 aromatic rings. The van der Waals surface area contributed by atoms with Crippen molar-refractivity contribution in [1.29, 1.82) is 0 Å². The molecule has 0 aromatic carbocycles. The third-order valence-electron chi connectivity index (χ3n) is 4.91. The first-order valence-electron chi connectivity index (χ1n) is 8.98. The quantitative estimate of drug-likeness (QED) is 0.746. The molecule has 24 heavy (non-hydrogen) atoms. The fourth-order valence-electron chi connectivity index (χ4n) is 3.55. The van der Waals surface area contributed by atoms with Crippen molar-refractivity contribution in [3.05, 3.63) is 48.3 Å². The molecule has 0 unspecified atom stereocenters. The molecule has 1 saturated carbocycles. The average Bonchev–Trinajstić information content (AvgIpc) is 3.08. The first-order chi connectivity index (χ1) is 11.9. The number of hydrogen-bond acceptors (Lipinski definition) is 4. The van der Waals surface area contributed by atoms with Crippen LogP contribution in [0.25, 0.3) is 0 Å². The van der Waals surface area contributed by atoms with Gasteiger partial charge in [0.1, 0.15) is 5.82 Å². The Bertz CT molecular complexity index is 592. The second-order valence-corrected chi connectivity index (χ2v) is 6.58. The molecule has 0 atom stereocenters. The standard InChI is InChI=1S/C19H28N4O/c1-24-14-13-22-12-11-21-19(22)16-23(18-5-3-2-4-6-18)15-17-7-9-20-10-8-17/h7-12,18H,2-6,13-16H2,1H3. The SMILES string of the molecule is COCCn1ccnc1CN(Cc1ccncc1)C1CCCCC1. The normalized spacial score (nSPS) is 15.9. The van der Waals surface area contributed by atoms with Gasteiger partial charge in [-0.3, -0.25) is 9.88 Å². The van der Waals surface area contributed by atoms with E-state index in [-0.39, 0.29) is 0 Å². The molecule has 0 radical (unpaired) electrons. The van der Waals surface area contributed by atoms with Crippen LogP contribution in [0.5, 0.6) is 0 Å². The van der Waals surface area contributed by atoms with Gasteiger partial charge in [-0.1, -0.05) is 19.3 Å². The summed E-state index contributed by atoms with van der Waals surface area (Å²) >= 11 is 0. The highest BCUT2D eigenvalue weighted by Crippen LogP contribution is 2.25. The Kier molecular flexibility index (Phi) is 6.38. The summed E-state index contributed by atoms with van der Waals surface area (Å²) in [6, 6.07) is 4.89. The minimum Gasteiger partial charge on any atom is -0.383 e. The summed E-state index contributed by atoms with van der Waals surface area (Å²) < 4.78 is 7.43. The summed E-state index contributed by atoms with van der Waals surface area (Å²) in [5, 5.41) is 0. The maximum Gasteiger partial charge on any atom is 0.122 e. The van der Waals surface area contributed by atoms with Crippen LogP contribution >= 0.6 is 0 Å². The second-order valence-electron chi connectivity index (χ2n) is 6.58. The van der Waals surface area contributed by atoms with Gasteiger partial charge in [0, 0.05) is 51.0 Å². The first kappa shape index (κ1) is 17.1. The van der Waals surface area contributed by atoms with Gasteiger partial charge in [-0.2, -0.15) is 0 Å². The maximum atomic E-state index is 5.22. The monoisotopic (exact) mass is 328 g/mol. The van der Waals surface area contributed by atoms with Gasteiger partial charge in [-0.05, 0) is 30.5 Å². The molecule has 0 aliphatic heterocycles. The summed E-state index contributed by atoms with van der Waals surface area (Å²) in [6.07, 6.45) is 14.4. The number of rotatable bonds is 8. The van der Waals surface area contributed by atoms with E-state index in [9.17, 15) is 0 Å². The van der Waals surface area contributed by atoms with Crippen LogP contribution in [0.4, 0.5) is 0 Å². The minimum atomic E-state index is 0.652. The summed E-state index contributed by atoms with van der Waals surface area (Å²) in [5.74, 6) is 1.13. The second kappa shape index (κ2) is 8.94. The molecule has 1 aliphatic carbocycles. The third-order valence-corrected chi connectivity index (χ3v) is 4.91. The summed E-state index contributed by atoms with van der Waals surface area (Å²) in [7, 11) is 1.74. The highest BCUT2D eigenvalue weighted by molar-refractivity contribution is 5.10. The highest BCUT2D eigenvalue weighted by atomic mass is 16.5. The highest BCUT2D eigenvalue weighted by Gasteiger charge is 2.22. The molecule has 3 rings (SSSR count). The van der Waals surface area contributed by atoms with Gasteiger partial charge in [0.25, 0.3) is 0 Å². The lowest BCUT2D eigenvalue weighted by atomic mass is 9.94. The molecule has 0 bridgehead atoms. The van der Waals surface area contributed by atoms with Crippen LogP contribution in [0.2, 0.25) is 0 Å². The lowest BCUT2D eigenvalue weighted by molar-refractivity contribution is 0.132. The van der Waals surface area contributed by atoms with Gasteiger partial charge in [-0.15, -0.1) is 0 Å². The van der Waals surface area contributed by atoms with Crippen molar-refractivity contribution in [2.75, 3.05) is 13.7 Å². The van der Waals surface area contributed by atoms with E-state index in [0.29, 0.717) is 6.04 Å². The Morgan fingerprint density at radius 3 is 2.67 bits per heavy atom. The van der Waals surface area contributed by atoms with E-state index in [1.807, 2.05) is 18.6 Å². The predicted octanol–water partition coefficient (Wildman–Crippen LogP) is 3.26. The Morgan fingerprint density at radius 1 is 1.12 bits per heavy atom. The van der Waals surface area contributed by atoms with Crippen molar-refractivity contribution in [3.63, 3.8) is 0 Å². The number of pyridine rings is 1. The van der Waals surface area contributed by atoms with Crippen LogP contribution < -0.4 is 0 Å². The molecule has 0 amide bonds. The summed E-state index contributed by atoms with van der Waals surface area (Å²) in [4.78, 5) is 11.3. The van der Waals surface area contributed by atoms with Gasteiger partial charge in [0.05, 0.1) is 13.2 Å². The molecular formula is C19H28N4O. The van der Waals surface area contributed by atoms with Crippen molar-refractivity contribution in [2.45, 2.75) is 57.8 Å². The summed E-state index contributed by atoms with van der Waals surface area (Å²) in [5.41, 5.74) is 1.32. The molecule has 0 N–H and O–H groups in total. The lowest BCUT2D eigenvalue weighted by Crippen LogP contribution is -2.36. The third kappa shape index (κ3) is 4.65. The number of imidazole rings is 1. The molecule has 5 heteroatoms. The van der Waals surface area contributed by atoms with Crippen molar-refractivity contribution in [1.82, 2.24) is 19.4 Å². The van der Waals surface area contributed by atoms with Crippen LogP contribution in [-0.2, 0) is 24.4 Å². The van der Waals surface area contributed by atoms with E-state index in [2.05, 4.69) is 37.8 Å². The largest absolute Gasteiger partial charge is 0.383 e. The first-order valence-corrected chi connectivity index (χ1v) is 8.98. The van der Waals surface area contributed by atoms with E-state index in [1.165, 1.54) is 37.7 Å². The van der Waals surface area contributed by atoms with Gasteiger partial charge in [0.15, 0.2) is 0 Å².